The Morgan fingerprint density at radius 1 is 1.10 bits per heavy atom. The maximum atomic E-state index is 5.94. The molecule has 114 valence electrons. The third kappa shape index (κ3) is 2.54. The summed E-state index contributed by atoms with van der Waals surface area (Å²) in [5.41, 5.74) is 2.74. The lowest BCUT2D eigenvalue weighted by Gasteiger charge is -2.42. The van der Waals surface area contributed by atoms with Gasteiger partial charge in [0.15, 0.2) is 0 Å². The molecule has 0 saturated carbocycles. The molecule has 1 aliphatic carbocycles. The Bertz CT molecular complexity index is 531. The maximum Gasteiger partial charge on any atom is 0.135 e. The van der Waals surface area contributed by atoms with Gasteiger partial charge >= 0.3 is 0 Å². The van der Waals surface area contributed by atoms with E-state index < -0.39 is 0 Å². The largest absolute Gasteiger partial charge is 0.378 e. The Morgan fingerprint density at radius 3 is 2.95 bits per heavy atom. The molecular weight excluding hydrogens is 262 g/mol. The molecule has 4 nitrogen and oxygen atoms in total. The lowest BCUT2D eigenvalue weighted by atomic mass is 9.88. The molecule has 2 fully saturated rings. The number of aryl methyl sites for hydroxylation is 2. The predicted octanol–water partition coefficient (Wildman–Crippen LogP) is 2.67. The molecule has 21 heavy (non-hydrogen) atoms. The second kappa shape index (κ2) is 5.56. The standard InChI is InChI=1S/C17H25N3O/c1-12-18-15-7-3-2-6-14(15)17(19-12)20-9-8-16-13(11-20)5-4-10-21-16/h13,16H,2-11H2,1H3. The quantitative estimate of drug-likeness (QED) is 0.796. The van der Waals surface area contributed by atoms with E-state index in [1.165, 1.54) is 42.8 Å². The molecule has 0 amide bonds. The van der Waals surface area contributed by atoms with Crippen molar-refractivity contribution >= 4 is 5.82 Å². The molecule has 2 aliphatic heterocycles. The lowest BCUT2D eigenvalue weighted by Crippen LogP contribution is -2.47. The Hall–Kier alpha value is -1.16. The second-order valence-electron chi connectivity index (χ2n) is 6.77. The van der Waals surface area contributed by atoms with Gasteiger partial charge in [-0.05, 0) is 51.9 Å². The SMILES string of the molecule is Cc1nc2c(c(N3CCC4OCCCC4C3)n1)CCCC2. The van der Waals surface area contributed by atoms with Gasteiger partial charge in [-0.3, -0.25) is 0 Å². The number of fused-ring (bicyclic) bond motifs is 2. The van der Waals surface area contributed by atoms with Gasteiger partial charge in [0, 0.05) is 36.9 Å². The van der Waals surface area contributed by atoms with E-state index in [1.54, 1.807) is 0 Å². The zero-order valence-electron chi connectivity index (χ0n) is 13.0. The zero-order valence-corrected chi connectivity index (χ0v) is 13.0. The van der Waals surface area contributed by atoms with Crippen molar-refractivity contribution in [1.29, 1.82) is 0 Å². The summed E-state index contributed by atoms with van der Waals surface area (Å²) in [6.45, 7) is 5.20. The van der Waals surface area contributed by atoms with Crippen molar-refractivity contribution in [3.8, 4) is 0 Å². The van der Waals surface area contributed by atoms with E-state index in [2.05, 4.69) is 9.88 Å². The number of anilines is 1. The average molecular weight is 287 g/mol. The highest BCUT2D eigenvalue weighted by atomic mass is 16.5. The fourth-order valence-electron chi connectivity index (χ4n) is 4.24. The molecule has 3 heterocycles. The van der Waals surface area contributed by atoms with Crippen LogP contribution in [0.2, 0.25) is 0 Å². The first-order valence-corrected chi connectivity index (χ1v) is 8.54. The summed E-state index contributed by atoms with van der Waals surface area (Å²) in [6.07, 6.45) is 9.04. The molecule has 2 saturated heterocycles. The fourth-order valence-corrected chi connectivity index (χ4v) is 4.24. The molecule has 0 spiro atoms. The minimum Gasteiger partial charge on any atom is -0.378 e. The van der Waals surface area contributed by atoms with Crippen molar-refractivity contribution in [2.45, 2.75) is 58.0 Å². The van der Waals surface area contributed by atoms with Gasteiger partial charge in [-0.1, -0.05) is 0 Å². The molecule has 0 N–H and O–H groups in total. The van der Waals surface area contributed by atoms with Crippen molar-refractivity contribution in [3.63, 3.8) is 0 Å². The van der Waals surface area contributed by atoms with Crippen molar-refractivity contribution in [2.24, 2.45) is 5.92 Å². The molecule has 2 atom stereocenters. The first-order chi connectivity index (χ1) is 10.3. The highest BCUT2D eigenvalue weighted by Crippen LogP contribution is 2.34. The third-order valence-electron chi connectivity index (χ3n) is 5.29. The number of ether oxygens (including phenoxy) is 1. The van der Waals surface area contributed by atoms with Crippen LogP contribution in [0, 0.1) is 12.8 Å². The van der Waals surface area contributed by atoms with E-state index in [1.807, 2.05) is 6.92 Å². The van der Waals surface area contributed by atoms with Crippen LogP contribution in [-0.4, -0.2) is 35.8 Å². The van der Waals surface area contributed by atoms with Crippen LogP contribution in [0.3, 0.4) is 0 Å². The zero-order chi connectivity index (χ0) is 14.2. The van der Waals surface area contributed by atoms with Gasteiger partial charge in [0.05, 0.1) is 6.10 Å². The van der Waals surface area contributed by atoms with Crippen LogP contribution in [0.5, 0.6) is 0 Å². The Kier molecular flexibility index (Phi) is 3.57. The monoisotopic (exact) mass is 287 g/mol. The van der Waals surface area contributed by atoms with Crippen molar-refractivity contribution < 1.29 is 4.74 Å². The minimum atomic E-state index is 0.494. The molecule has 0 radical (unpaired) electrons. The van der Waals surface area contributed by atoms with Gasteiger partial charge in [-0.15, -0.1) is 0 Å². The normalized spacial score (nSPS) is 28.9. The molecule has 1 aromatic heterocycles. The Balaban J connectivity index is 1.62. The summed E-state index contributed by atoms with van der Waals surface area (Å²) in [5.74, 6) is 2.87. The number of hydrogen-bond acceptors (Lipinski definition) is 4. The van der Waals surface area contributed by atoms with Crippen LogP contribution in [0.1, 0.15) is 49.2 Å². The van der Waals surface area contributed by atoms with Crippen LogP contribution in [0.25, 0.3) is 0 Å². The van der Waals surface area contributed by atoms with Gasteiger partial charge in [-0.2, -0.15) is 0 Å². The molecule has 4 heteroatoms. The first kappa shape index (κ1) is 13.5. The highest BCUT2D eigenvalue weighted by Gasteiger charge is 2.34. The van der Waals surface area contributed by atoms with E-state index >= 15 is 0 Å². The summed E-state index contributed by atoms with van der Waals surface area (Å²) in [5, 5.41) is 0. The lowest BCUT2D eigenvalue weighted by molar-refractivity contribution is -0.0358. The smallest absolute Gasteiger partial charge is 0.135 e. The second-order valence-corrected chi connectivity index (χ2v) is 6.77. The molecule has 4 rings (SSSR count). The fraction of sp³-hybridized carbons (Fsp3) is 0.765. The van der Waals surface area contributed by atoms with Crippen molar-refractivity contribution in [3.05, 3.63) is 17.1 Å². The average Bonchev–Trinajstić information content (AvgIpc) is 2.53. The van der Waals surface area contributed by atoms with E-state index in [-0.39, 0.29) is 0 Å². The number of piperidine rings is 1. The molecule has 3 aliphatic rings. The van der Waals surface area contributed by atoms with E-state index in [0.29, 0.717) is 12.0 Å². The van der Waals surface area contributed by atoms with E-state index in [0.717, 1.165) is 44.8 Å². The molecule has 0 aromatic carbocycles. The van der Waals surface area contributed by atoms with Gasteiger partial charge in [-0.25, -0.2) is 9.97 Å². The maximum absolute atomic E-state index is 5.94. The number of aromatic nitrogens is 2. The van der Waals surface area contributed by atoms with Crippen LogP contribution in [0.4, 0.5) is 5.82 Å². The Morgan fingerprint density at radius 2 is 2.00 bits per heavy atom. The minimum absolute atomic E-state index is 0.494. The topological polar surface area (TPSA) is 38.2 Å². The van der Waals surface area contributed by atoms with Crippen LogP contribution < -0.4 is 4.90 Å². The van der Waals surface area contributed by atoms with Gasteiger partial charge in [0.1, 0.15) is 11.6 Å². The summed E-state index contributed by atoms with van der Waals surface area (Å²) >= 11 is 0. The van der Waals surface area contributed by atoms with E-state index in [9.17, 15) is 0 Å². The van der Waals surface area contributed by atoms with Crippen LogP contribution >= 0.6 is 0 Å². The molecule has 1 aromatic rings. The number of rotatable bonds is 1. The summed E-state index contributed by atoms with van der Waals surface area (Å²) in [7, 11) is 0. The number of hydrogen-bond donors (Lipinski definition) is 0. The first-order valence-electron chi connectivity index (χ1n) is 8.54. The van der Waals surface area contributed by atoms with Gasteiger partial charge in [0.2, 0.25) is 0 Å². The molecule has 0 bridgehead atoms. The van der Waals surface area contributed by atoms with Crippen molar-refractivity contribution in [1.82, 2.24) is 9.97 Å². The predicted molar refractivity (Wildman–Crippen MR) is 82.7 cm³/mol. The number of nitrogens with zero attached hydrogens (tertiary/aromatic N) is 3. The molecule has 2 unspecified atom stereocenters. The molecular formula is C17H25N3O. The summed E-state index contributed by atoms with van der Waals surface area (Å²) in [4.78, 5) is 12.0. The highest BCUT2D eigenvalue weighted by molar-refractivity contribution is 5.50. The van der Waals surface area contributed by atoms with Crippen LogP contribution in [-0.2, 0) is 17.6 Å². The van der Waals surface area contributed by atoms with Gasteiger partial charge < -0.3 is 9.64 Å². The van der Waals surface area contributed by atoms with Crippen molar-refractivity contribution in [2.75, 3.05) is 24.6 Å². The Labute approximate surface area is 126 Å². The third-order valence-corrected chi connectivity index (χ3v) is 5.29. The summed E-state index contributed by atoms with van der Waals surface area (Å²) < 4.78 is 5.94. The van der Waals surface area contributed by atoms with Gasteiger partial charge in [0.25, 0.3) is 0 Å². The van der Waals surface area contributed by atoms with E-state index in [4.69, 9.17) is 9.72 Å². The summed E-state index contributed by atoms with van der Waals surface area (Å²) in [6, 6.07) is 0. The van der Waals surface area contributed by atoms with Crippen LogP contribution in [0.15, 0.2) is 0 Å².